The van der Waals surface area contributed by atoms with Gasteiger partial charge in [-0.25, -0.2) is 0 Å². The van der Waals surface area contributed by atoms with E-state index in [0.717, 1.165) is 36.0 Å². The highest BCUT2D eigenvalue weighted by Crippen LogP contribution is 2.10. The van der Waals surface area contributed by atoms with E-state index in [1.165, 1.54) is 0 Å². The summed E-state index contributed by atoms with van der Waals surface area (Å²) < 4.78 is 6.37. The first kappa shape index (κ1) is 16.1. The average molecular weight is 368 g/mol. The van der Waals surface area contributed by atoms with Crippen LogP contribution in [0.1, 0.15) is 18.4 Å². The monoisotopic (exact) mass is 367 g/mol. The molecule has 2 N–H and O–H groups in total. The highest BCUT2D eigenvalue weighted by Gasteiger charge is 2.14. The van der Waals surface area contributed by atoms with Gasteiger partial charge in [-0.15, -0.1) is 0 Å². The van der Waals surface area contributed by atoms with Crippen LogP contribution >= 0.6 is 28.1 Å². The number of halogens is 1. The first-order chi connectivity index (χ1) is 10.2. The van der Waals surface area contributed by atoms with Crippen molar-refractivity contribution in [1.82, 2.24) is 10.7 Å². The van der Waals surface area contributed by atoms with E-state index in [-0.39, 0.29) is 6.10 Å². The number of ether oxygens (including phenoxy) is 1. The van der Waals surface area contributed by atoms with Gasteiger partial charge in [0.1, 0.15) is 0 Å². The lowest BCUT2D eigenvalue weighted by atomic mass is 10.2. The highest BCUT2D eigenvalue weighted by molar-refractivity contribution is 9.12. The molecule has 0 aromatic heterocycles. The van der Waals surface area contributed by atoms with Gasteiger partial charge in [-0.1, -0.05) is 30.3 Å². The summed E-state index contributed by atoms with van der Waals surface area (Å²) >= 11 is 8.59. The number of hydrogen-bond acceptors (Lipinski definition) is 3. The van der Waals surface area contributed by atoms with Crippen molar-refractivity contribution in [1.29, 1.82) is 0 Å². The van der Waals surface area contributed by atoms with E-state index in [1.807, 2.05) is 36.4 Å². The Morgan fingerprint density at radius 1 is 1.43 bits per heavy atom. The van der Waals surface area contributed by atoms with Crippen molar-refractivity contribution in [3.05, 3.63) is 40.4 Å². The van der Waals surface area contributed by atoms with E-state index in [4.69, 9.17) is 17.0 Å². The van der Waals surface area contributed by atoms with Gasteiger partial charge in [0.2, 0.25) is 0 Å². The molecule has 1 heterocycles. The van der Waals surface area contributed by atoms with Crippen LogP contribution in [0.25, 0.3) is 6.08 Å². The standard InChI is InChI=1S/C15H18BrN3OS/c16-13(9-12-5-2-1-3-6-12)10-18-19-15(21)17-11-14-7-4-8-20-14/h1-3,5-6,9-10,14H,4,7-8,11H2,(H2,17,19,21)/b13-9-,18-10-/t14-/m1/s1. The maximum Gasteiger partial charge on any atom is 0.187 e. The third kappa shape index (κ3) is 6.37. The molecule has 1 aromatic carbocycles. The minimum atomic E-state index is 0.262. The molecule has 1 saturated heterocycles. The van der Waals surface area contributed by atoms with Crippen LogP contribution in [0.4, 0.5) is 0 Å². The Bertz CT molecular complexity index is 513. The molecule has 0 radical (unpaired) electrons. The molecular weight excluding hydrogens is 350 g/mol. The second kappa shape index (κ2) is 8.92. The van der Waals surface area contributed by atoms with Crippen LogP contribution in [0, 0.1) is 0 Å². The molecule has 1 aromatic rings. The molecule has 21 heavy (non-hydrogen) atoms. The average Bonchev–Trinajstić information content (AvgIpc) is 2.99. The number of allylic oxidation sites excluding steroid dienone is 1. The second-order valence-electron chi connectivity index (χ2n) is 4.65. The van der Waals surface area contributed by atoms with E-state index in [0.29, 0.717) is 5.11 Å². The Hall–Kier alpha value is -1.24. The molecule has 0 bridgehead atoms. The van der Waals surface area contributed by atoms with Crippen LogP contribution in [0.2, 0.25) is 0 Å². The van der Waals surface area contributed by atoms with Crippen molar-refractivity contribution in [3.8, 4) is 0 Å². The predicted octanol–water partition coefficient (Wildman–Crippen LogP) is 3.05. The SMILES string of the molecule is S=C(NC[C@H]1CCCO1)N/N=C\C(Br)=C\c1ccccc1. The molecule has 6 heteroatoms. The zero-order valence-electron chi connectivity index (χ0n) is 11.6. The molecule has 112 valence electrons. The van der Waals surface area contributed by atoms with E-state index in [9.17, 15) is 0 Å². The molecular formula is C15H18BrN3OS. The Balaban J connectivity index is 1.71. The van der Waals surface area contributed by atoms with Gasteiger partial charge in [0.05, 0.1) is 12.3 Å². The number of nitrogens with one attached hydrogen (secondary N) is 2. The normalized spacial score (nSPS) is 18.9. The molecule has 0 saturated carbocycles. The van der Waals surface area contributed by atoms with Crippen LogP contribution in [0.3, 0.4) is 0 Å². The molecule has 0 aliphatic carbocycles. The van der Waals surface area contributed by atoms with Crippen LogP contribution in [-0.4, -0.2) is 30.6 Å². The van der Waals surface area contributed by atoms with Crippen molar-refractivity contribution in [2.24, 2.45) is 5.10 Å². The lowest BCUT2D eigenvalue weighted by molar-refractivity contribution is 0.114. The number of nitrogens with zero attached hydrogens (tertiary/aromatic N) is 1. The summed E-state index contributed by atoms with van der Waals surface area (Å²) in [7, 11) is 0. The molecule has 1 aliphatic rings. The summed E-state index contributed by atoms with van der Waals surface area (Å²) in [6, 6.07) is 10.0. The lowest BCUT2D eigenvalue weighted by Crippen LogP contribution is -2.37. The number of benzene rings is 1. The van der Waals surface area contributed by atoms with Gasteiger partial charge in [-0.3, -0.25) is 5.43 Å². The van der Waals surface area contributed by atoms with Gasteiger partial charge in [0.15, 0.2) is 5.11 Å². The molecule has 1 aliphatic heterocycles. The summed E-state index contributed by atoms with van der Waals surface area (Å²) in [5.41, 5.74) is 3.89. The third-order valence-electron chi connectivity index (χ3n) is 2.97. The summed E-state index contributed by atoms with van der Waals surface area (Å²) in [5, 5.41) is 7.67. The first-order valence-corrected chi connectivity index (χ1v) is 8.05. The number of thiocarbonyl (C=S) groups is 1. The summed E-state index contributed by atoms with van der Waals surface area (Å²) in [4.78, 5) is 0. The fraction of sp³-hybridized carbons (Fsp3) is 0.333. The van der Waals surface area contributed by atoms with E-state index in [2.05, 4.69) is 31.8 Å². The van der Waals surface area contributed by atoms with Crippen molar-refractivity contribution < 1.29 is 4.74 Å². The molecule has 1 fully saturated rings. The lowest BCUT2D eigenvalue weighted by Gasteiger charge is -2.11. The van der Waals surface area contributed by atoms with Gasteiger partial charge in [-0.2, -0.15) is 5.10 Å². The van der Waals surface area contributed by atoms with Gasteiger partial charge < -0.3 is 10.1 Å². The highest BCUT2D eigenvalue weighted by atomic mass is 79.9. The fourth-order valence-corrected chi connectivity index (χ4v) is 2.45. The largest absolute Gasteiger partial charge is 0.376 e. The van der Waals surface area contributed by atoms with Crippen LogP contribution in [0.5, 0.6) is 0 Å². The number of hydrogen-bond donors (Lipinski definition) is 2. The predicted molar refractivity (Wildman–Crippen MR) is 94.5 cm³/mol. The van der Waals surface area contributed by atoms with Crippen molar-refractivity contribution in [3.63, 3.8) is 0 Å². The second-order valence-corrected chi connectivity index (χ2v) is 5.98. The van der Waals surface area contributed by atoms with E-state index >= 15 is 0 Å². The quantitative estimate of drug-likeness (QED) is 0.477. The summed E-state index contributed by atoms with van der Waals surface area (Å²) in [6.07, 6.45) is 6.13. The van der Waals surface area contributed by atoms with Gasteiger partial charge in [0.25, 0.3) is 0 Å². The van der Waals surface area contributed by atoms with Crippen molar-refractivity contribution in [2.45, 2.75) is 18.9 Å². The molecule has 2 rings (SSSR count). The molecule has 0 unspecified atom stereocenters. The topological polar surface area (TPSA) is 45.6 Å². The smallest absolute Gasteiger partial charge is 0.187 e. The summed E-state index contributed by atoms with van der Waals surface area (Å²) in [6.45, 7) is 1.57. The van der Waals surface area contributed by atoms with Crippen LogP contribution < -0.4 is 10.7 Å². The molecule has 0 amide bonds. The minimum absolute atomic E-state index is 0.262. The third-order valence-corrected chi connectivity index (χ3v) is 3.64. The maximum atomic E-state index is 5.51. The van der Waals surface area contributed by atoms with Crippen LogP contribution in [-0.2, 0) is 4.74 Å². The molecule has 4 nitrogen and oxygen atoms in total. The van der Waals surface area contributed by atoms with E-state index < -0.39 is 0 Å². The first-order valence-electron chi connectivity index (χ1n) is 6.85. The van der Waals surface area contributed by atoms with Crippen molar-refractivity contribution >= 4 is 45.6 Å². The maximum absolute atomic E-state index is 5.51. The zero-order chi connectivity index (χ0) is 14.9. The fourth-order valence-electron chi connectivity index (χ4n) is 1.95. The van der Waals surface area contributed by atoms with E-state index in [1.54, 1.807) is 6.21 Å². The molecule has 0 spiro atoms. The van der Waals surface area contributed by atoms with Crippen molar-refractivity contribution in [2.75, 3.05) is 13.2 Å². The van der Waals surface area contributed by atoms with Gasteiger partial charge in [0, 0.05) is 17.6 Å². The number of rotatable bonds is 5. The Morgan fingerprint density at radius 2 is 2.24 bits per heavy atom. The van der Waals surface area contributed by atoms with Gasteiger partial charge in [-0.05, 0) is 52.6 Å². The Morgan fingerprint density at radius 3 is 2.95 bits per heavy atom. The Kier molecular flexibility index (Phi) is 6.85. The zero-order valence-corrected chi connectivity index (χ0v) is 14.0. The minimum Gasteiger partial charge on any atom is -0.376 e. The van der Waals surface area contributed by atoms with Gasteiger partial charge >= 0.3 is 0 Å². The number of hydrazone groups is 1. The Labute approximate surface area is 138 Å². The molecule has 1 atom stereocenters. The van der Waals surface area contributed by atoms with Crippen LogP contribution in [0.15, 0.2) is 39.9 Å². The summed E-state index contributed by atoms with van der Waals surface area (Å²) in [5.74, 6) is 0.